The summed E-state index contributed by atoms with van der Waals surface area (Å²) in [7, 11) is 0. The lowest BCUT2D eigenvalue weighted by molar-refractivity contribution is 0.0453. The maximum Gasteiger partial charge on any atom is 0.0928 e. The molecule has 1 aromatic carbocycles. The average molecular weight is 218 g/mol. The fourth-order valence-electron chi connectivity index (χ4n) is 2.19. The summed E-state index contributed by atoms with van der Waals surface area (Å²) in [6, 6.07) is 8.46. The molecule has 0 saturated heterocycles. The van der Waals surface area contributed by atoms with Crippen molar-refractivity contribution in [1.29, 1.82) is 5.41 Å². The van der Waals surface area contributed by atoms with Gasteiger partial charge in [0.1, 0.15) is 0 Å². The third-order valence-electron chi connectivity index (χ3n) is 3.00. The second kappa shape index (κ2) is 5.12. The summed E-state index contributed by atoms with van der Waals surface area (Å²) in [6.45, 7) is 0.550. The molecule has 0 aliphatic heterocycles. The Balaban J connectivity index is 1.99. The summed E-state index contributed by atoms with van der Waals surface area (Å²) in [5, 5.41) is 7.15. The van der Waals surface area contributed by atoms with E-state index in [0.717, 1.165) is 12.8 Å². The van der Waals surface area contributed by atoms with Gasteiger partial charge in [0, 0.05) is 6.42 Å². The average Bonchev–Trinajstić information content (AvgIpc) is 2.29. The molecule has 0 radical (unpaired) electrons. The highest BCUT2D eigenvalue weighted by atomic mass is 16.5. The van der Waals surface area contributed by atoms with Gasteiger partial charge in [-0.3, -0.25) is 5.41 Å². The van der Waals surface area contributed by atoms with E-state index in [1.54, 1.807) is 0 Å². The molecule has 0 saturated carbocycles. The van der Waals surface area contributed by atoms with Crippen LogP contribution in [-0.2, 0) is 11.2 Å². The lowest BCUT2D eigenvalue weighted by atomic mass is 9.89. The van der Waals surface area contributed by atoms with Crippen molar-refractivity contribution >= 4 is 5.84 Å². The van der Waals surface area contributed by atoms with Crippen LogP contribution in [0.2, 0.25) is 0 Å². The Labute approximate surface area is 96.1 Å². The Morgan fingerprint density at radius 2 is 2.25 bits per heavy atom. The Morgan fingerprint density at radius 1 is 1.44 bits per heavy atom. The zero-order valence-electron chi connectivity index (χ0n) is 9.41. The predicted molar refractivity (Wildman–Crippen MR) is 64.6 cm³/mol. The highest BCUT2D eigenvalue weighted by molar-refractivity contribution is 5.76. The van der Waals surface area contributed by atoms with E-state index < -0.39 is 0 Å². The molecular weight excluding hydrogens is 200 g/mol. The van der Waals surface area contributed by atoms with E-state index in [2.05, 4.69) is 24.3 Å². The van der Waals surface area contributed by atoms with Gasteiger partial charge < -0.3 is 10.5 Å². The molecule has 0 spiro atoms. The first-order valence-corrected chi connectivity index (χ1v) is 5.79. The minimum absolute atomic E-state index is 0.198. The first-order valence-electron chi connectivity index (χ1n) is 5.79. The Morgan fingerprint density at radius 3 is 3.06 bits per heavy atom. The van der Waals surface area contributed by atoms with Gasteiger partial charge in [0.05, 0.1) is 18.5 Å². The van der Waals surface area contributed by atoms with Gasteiger partial charge in [-0.2, -0.15) is 0 Å². The van der Waals surface area contributed by atoms with E-state index in [1.807, 2.05) is 0 Å². The predicted octanol–water partition coefficient (Wildman–Crippen LogP) is 2.41. The van der Waals surface area contributed by atoms with Crippen molar-refractivity contribution < 1.29 is 4.74 Å². The number of ether oxygens (including phenoxy) is 1. The number of fused-ring (bicyclic) bond motifs is 1. The summed E-state index contributed by atoms with van der Waals surface area (Å²) < 4.78 is 5.80. The summed E-state index contributed by atoms with van der Waals surface area (Å²) in [5.41, 5.74) is 8.03. The highest BCUT2D eigenvalue weighted by Crippen LogP contribution is 2.32. The number of hydrogen-bond donors (Lipinski definition) is 2. The maximum absolute atomic E-state index is 7.15. The summed E-state index contributed by atoms with van der Waals surface area (Å²) >= 11 is 0. The van der Waals surface area contributed by atoms with Crippen molar-refractivity contribution in [2.45, 2.75) is 31.8 Å². The molecule has 16 heavy (non-hydrogen) atoms. The van der Waals surface area contributed by atoms with Gasteiger partial charge in [-0.25, -0.2) is 0 Å². The molecule has 0 heterocycles. The zero-order chi connectivity index (χ0) is 11.4. The molecule has 3 nitrogen and oxygen atoms in total. The second-order valence-electron chi connectivity index (χ2n) is 4.23. The van der Waals surface area contributed by atoms with Crippen molar-refractivity contribution in [1.82, 2.24) is 0 Å². The molecule has 1 unspecified atom stereocenters. The third-order valence-corrected chi connectivity index (χ3v) is 3.00. The number of nitrogens with one attached hydrogen (secondary N) is 1. The lowest BCUT2D eigenvalue weighted by Gasteiger charge is -2.25. The Kier molecular flexibility index (Phi) is 3.57. The molecule has 1 aromatic rings. The Bertz CT molecular complexity index is 376. The van der Waals surface area contributed by atoms with Crippen LogP contribution < -0.4 is 5.73 Å². The van der Waals surface area contributed by atoms with E-state index in [4.69, 9.17) is 15.9 Å². The maximum atomic E-state index is 7.15. The van der Waals surface area contributed by atoms with Gasteiger partial charge in [-0.1, -0.05) is 24.3 Å². The van der Waals surface area contributed by atoms with Crippen molar-refractivity contribution in [3.63, 3.8) is 0 Å². The number of amidine groups is 1. The Hall–Kier alpha value is -1.35. The molecule has 3 N–H and O–H groups in total. The monoisotopic (exact) mass is 218 g/mol. The topological polar surface area (TPSA) is 59.1 Å². The summed E-state index contributed by atoms with van der Waals surface area (Å²) in [4.78, 5) is 0. The quantitative estimate of drug-likeness (QED) is 0.602. The van der Waals surface area contributed by atoms with Crippen molar-refractivity contribution in [3.05, 3.63) is 35.4 Å². The van der Waals surface area contributed by atoms with Crippen LogP contribution >= 0.6 is 0 Å². The first kappa shape index (κ1) is 11.1. The molecule has 86 valence electrons. The fourth-order valence-corrected chi connectivity index (χ4v) is 2.19. The molecule has 1 atom stereocenters. The van der Waals surface area contributed by atoms with Crippen LogP contribution in [0.1, 0.15) is 36.5 Å². The molecule has 0 bridgehead atoms. The first-order chi connectivity index (χ1) is 7.77. The number of benzene rings is 1. The van der Waals surface area contributed by atoms with Crippen LogP contribution in [0.15, 0.2) is 24.3 Å². The SMILES string of the molecule is N=C(N)CCOC1CCCc2ccccc21. The number of nitrogens with two attached hydrogens (primary N) is 1. The fraction of sp³-hybridized carbons (Fsp3) is 0.462. The van der Waals surface area contributed by atoms with Crippen LogP contribution in [-0.4, -0.2) is 12.4 Å². The van der Waals surface area contributed by atoms with Gasteiger partial charge in [-0.15, -0.1) is 0 Å². The van der Waals surface area contributed by atoms with Gasteiger partial charge in [0.15, 0.2) is 0 Å². The van der Waals surface area contributed by atoms with E-state index >= 15 is 0 Å². The summed E-state index contributed by atoms with van der Waals surface area (Å²) in [6.07, 6.45) is 4.14. The normalized spacial score (nSPS) is 19.1. The van der Waals surface area contributed by atoms with Gasteiger partial charge >= 0.3 is 0 Å². The number of rotatable bonds is 4. The smallest absolute Gasteiger partial charge is 0.0928 e. The molecule has 1 aliphatic carbocycles. The van der Waals surface area contributed by atoms with E-state index in [-0.39, 0.29) is 11.9 Å². The zero-order valence-corrected chi connectivity index (χ0v) is 9.41. The molecule has 0 amide bonds. The molecular formula is C13H18N2O. The molecule has 2 rings (SSSR count). The van der Waals surface area contributed by atoms with Crippen LogP contribution in [0.4, 0.5) is 0 Å². The van der Waals surface area contributed by atoms with E-state index in [0.29, 0.717) is 13.0 Å². The minimum Gasteiger partial charge on any atom is -0.388 e. The lowest BCUT2D eigenvalue weighted by Crippen LogP contribution is -2.17. The van der Waals surface area contributed by atoms with Crippen molar-refractivity contribution in [2.24, 2.45) is 5.73 Å². The van der Waals surface area contributed by atoms with Gasteiger partial charge in [0.25, 0.3) is 0 Å². The van der Waals surface area contributed by atoms with Crippen molar-refractivity contribution in [3.8, 4) is 0 Å². The third kappa shape index (κ3) is 2.61. The largest absolute Gasteiger partial charge is 0.388 e. The van der Waals surface area contributed by atoms with Crippen LogP contribution in [0.5, 0.6) is 0 Å². The van der Waals surface area contributed by atoms with E-state index in [9.17, 15) is 0 Å². The molecule has 3 heteroatoms. The minimum atomic E-state index is 0.198. The van der Waals surface area contributed by atoms with Gasteiger partial charge in [-0.05, 0) is 30.4 Å². The van der Waals surface area contributed by atoms with Gasteiger partial charge in [0.2, 0.25) is 0 Å². The second-order valence-corrected chi connectivity index (χ2v) is 4.23. The molecule has 1 aliphatic rings. The number of hydrogen-bond acceptors (Lipinski definition) is 2. The molecule has 0 aromatic heterocycles. The molecule has 0 fully saturated rings. The van der Waals surface area contributed by atoms with Crippen molar-refractivity contribution in [2.75, 3.05) is 6.61 Å². The standard InChI is InChI=1S/C13H18N2O/c14-13(15)8-9-16-12-7-3-5-10-4-1-2-6-11(10)12/h1-2,4,6,12H,3,5,7-9H2,(H3,14,15). The number of aryl methyl sites for hydroxylation is 1. The van der Waals surface area contributed by atoms with Crippen LogP contribution in [0.25, 0.3) is 0 Å². The highest BCUT2D eigenvalue weighted by Gasteiger charge is 2.19. The van der Waals surface area contributed by atoms with Crippen LogP contribution in [0.3, 0.4) is 0 Å². The van der Waals surface area contributed by atoms with Crippen LogP contribution in [0, 0.1) is 5.41 Å². The summed E-state index contributed by atoms with van der Waals surface area (Å²) in [5.74, 6) is 0.198. The van der Waals surface area contributed by atoms with E-state index in [1.165, 1.54) is 17.5 Å².